The normalized spacial score (nSPS) is 10.6. The van der Waals surface area contributed by atoms with Crippen molar-refractivity contribution in [2.24, 2.45) is 0 Å². The number of nitrogens with zero attached hydrogens (tertiary/aromatic N) is 2. The van der Waals surface area contributed by atoms with E-state index in [4.69, 9.17) is 9.84 Å². The molecule has 0 fully saturated rings. The number of imidazole rings is 1. The number of hydrogen-bond donors (Lipinski definition) is 1. The van der Waals surface area contributed by atoms with Crippen molar-refractivity contribution < 1.29 is 9.84 Å². The Balaban J connectivity index is 1.80. The Morgan fingerprint density at radius 2 is 2.17 bits per heavy atom. The van der Waals surface area contributed by atoms with Crippen LogP contribution in [0.5, 0.6) is 5.75 Å². The molecule has 0 unspecified atom stereocenters. The Bertz CT molecular complexity index is 494. The summed E-state index contributed by atoms with van der Waals surface area (Å²) in [6.45, 7) is 3.53. The van der Waals surface area contributed by atoms with Gasteiger partial charge in [0, 0.05) is 24.5 Å². The minimum absolute atomic E-state index is 0.0107. The van der Waals surface area contributed by atoms with E-state index in [1.807, 2.05) is 37.4 Å². The van der Waals surface area contributed by atoms with E-state index in [9.17, 15) is 0 Å². The molecule has 4 heteroatoms. The van der Waals surface area contributed by atoms with Gasteiger partial charge in [0.25, 0.3) is 0 Å². The molecule has 0 radical (unpaired) electrons. The molecule has 1 heterocycles. The summed E-state index contributed by atoms with van der Waals surface area (Å²) >= 11 is 0. The van der Waals surface area contributed by atoms with Crippen LogP contribution in [0, 0.1) is 6.92 Å². The number of aromatic nitrogens is 2. The first kappa shape index (κ1) is 12.6. The standard InChI is InChI=1S/C14H18N2O2/c1-12-15-7-9-16(12)8-4-10-18-14-6-3-2-5-13(14)11-17/h2-3,5-7,9,17H,4,8,10-11H2,1H3. The molecule has 1 N–H and O–H groups in total. The van der Waals surface area contributed by atoms with Crippen LogP contribution in [-0.4, -0.2) is 21.3 Å². The van der Waals surface area contributed by atoms with Crippen molar-refractivity contribution in [1.29, 1.82) is 0 Å². The van der Waals surface area contributed by atoms with Gasteiger partial charge in [0.2, 0.25) is 0 Å². The Labute approximate surface area is 107 Å². The molecule has 4 nitrogen and oxygen atoms in total. The molecule has 0 atom stereocenters. The highest BCUT2D eigenvalue weighted by atomic mass is 16.5. The lowest BCUT2D eigenvalue weighted by Gasteiger charge is -2.10. The number of ether oxygens (including phenoxy) is 1. The predicted octanol–water partition coefficient (Wildman–Crippen LogP) is 2.15. The summed E-state index contributed by atoms with van der Waals surface area (Å²) in [4.78, 5) is 4.17. The average molecular weight is 246 g/mol. The lowest BCUT2D eigenvalue weighted by Crippen LogP contribution is -2.06. The van der Waals surface area contributed by atoms with Crippen LogP contribution in [0.25, 0.3) is 0 Å². The zero-order valence-corrected chi connectivity index (χ0v) is 10.5. The van der Waals surface area contributed by atoms with Crippen LogP contribution in [-0.2, 0) is 13.2 Å². The minimum atomic E-state index is 0.0107. The van der Waals surface area contributed by atoms with E-state index in [1.54, 1.807) is 6.20 Å². The zero-order valence-electron chi connectivity index (χ0n) is 10.5. The molecule has 96 valence electrons. The van der Waals surface area contributed by atoms with Crippen molar-refractivity contribution in [3.63, 3.8) is 0 Å². The fraction of sp³-hybridized carbons (Fsp3) is 0.357. The maximum Gasteiger partial charge on any atom is 0.124 e. The van der Waals surface area contributed by atoms with Crippen LogP contribution in [0.1, 0.15) is 17.8 Å². The summed E-state index contributed by atoms with van der Waals surface area (Å²) in [5, 5.41) is 9.17. The topological polar surface area (TPSA) is 47.3 Å². The molecule has 1 aromatic heterocycles. The van der Waals surface area contributed by atoms with Crippen LogP contribution in [0.15, 0.2) is 36.7 Å². The van der Waals surface area contributed by atoms with Crippen molar-refractivity contribution >= 4 is 0 Å². The van der Waals surface area contributed by atoms with Gasteiger partial charge >= 0.3 is 0 Å². The number of benzene rings is 1. The predicted molar refractivity (Wildman–Crippen MR) is 69.4 cm³/mol. The molecule has 0 spiro atoms. The van der Waals surface area contributed by atoms with Crippen LogP contribution < -0.4 is 4.74 Å². The van der Waals surface area contributed by atoms with Crippen molar-refractivity contribution in [2.75, 3.05) is 6.61 Å². The Hall–Kier alpha value is -1.81. The summed E-state index contributed by atoms with van der Waals surface area (Å²) in [5.74, 6) is 1.79. The number of hydrogen-bond acceptors (Lipinski definition) is 3. The van der Waals surface area contributed by atoms with E-state index in [1.165, 1.54) is 0 Å². The van der Waals surface area contributed by atoms with Crippen molar-refractivity contribution in [1.82, 2.24) is 9.55 Å². The molecule has 0 saturated heterocycles. The van der Waals surface area contributed by atoms with Gasteiger partial charge in [0.15, 0.2) is 0 Å². The molecule has 2 aromatic rings. The highest BCUT2D eigenvalue weighted by Gasteiger charge is 2.01. The van der Waals surface area contributed by atoms with E-state index < -0.39 is 0 Å². The lowest BCUT2D eigenvalue weighted by atomic mass is 10.2. The van der Waals surface area contributed by atoms with E-state index in [0.29, 0.717) is 6.61 Å². The number of aliphatic hydroxyl groups excluding tert-OH is 1. The first-order valence-corrected chi connectivity index (χ1v) is 6.10. The van der Waals surface area contributed by atoms with Gasteiger partial charge in [-0.2, -0.15) is 0 Å². The van der Waals surface area contributed by atoms with Gasteiger partial charge in [0.05, 0.1) is 13.2 Å². The molecule has 0 bridgehead atoms. The third-order valence-corrected chi connectivity index (χ3v) is 2.87. The first-order valence-electron chi connectivity index (χ1n) is 6.10. The van der Waals surface area contributed by atoms with E-state index in [-0.39, 0.29) is 6.61 Å². The molecule has 0 aliphatic heterocycles. The molecule has 2 rings (SSSR count). The summed E-state index contributed by atoms with van der Waals surface area (Å²) in [6, 6.07) is 7.56. The van der Waals surface area contributed by atoms with Crippen LogP contribution in [0.2, 0.25) is 0 Å². The van der Waals surface area contributed by atoms with Crippen molar-refractivity contribution in [3.05, 3.63) is 48.0 Å². The second kappa shape index (κ2) is 6.21. The lowest BCUT2D eigenvalue weighted by molar-refractivity contribution is 0.259. The van der Waals surface area contributed by atoms with Gasteiger partial charge in [-0.3, -0.25) is 0 Å². The fourth-order valence-corrected chi connectivity index (χ4v) is 1.83. The van der Waals surface area contributed by atoms with E-state index in [0.717, 1.165) is 30.1 Å². The Morgan fingerprint density at radius 3 is 2.89 bits per heavy atom. The average Bonchev–Trinajstić information content (AvgIpc) is 2.81. The molecule has 0 amide bonds. The van der Waals surface area contributed by atoms with E-state index >= 15 is 0 Å². The van der Waals surface area contributed by atoms with Crippen LogP contribution in [0.4, 0.5) is 0 Å². The van der Waals surface area contributed by atoms with E-state index in [2.05, 4.69) is 9.55 Å². The zero-order chi connectivity index (χ0) is 12.8. The van der Waals surface area contributed by atoms with Gasteiger partial charge in [-0.1, -0.05) is 18.2 Å². The monoisotopic (exact) mass is 246 g/mol. The highest BCUT2D eigenvalue weighted by molar-refractivity contribution is 5.32. The van der Waals surface area contributed by atoms with Crippen molar-refractivity contribution in [3.8, 4) is 5.75 Å². The summed E-state index contributed by atoms with van der Waals surface area (Å²) in [5.41, 5.74) is 0.830. The SMILES string of the molecule is Cc1nccn1CCCOc1ccccc1CO. The third-order valence-electron chi connectivity index (χ3n) is 2.87. The quantitative estimate of drug-likeness (QED) is 0.794. The van der Waals surface area contributed by atoms with Gasteiger partial charge in [0.1, 0.15) is 11.6 Å². The van der Waals surface area contributed by atoms with Crippen molar-refractivity contribution in [2.45, 2.75) is 26.5 Å². The molecular weight excluding hydrogens is 228 g/mol. The maximum atomic E-state index is 9.17. The maximum absolute atomic E-state index is 9.17. The fourth-order valence-electron chi connectivity index (χ4n) is 1.83. The van der Waals surface area contributed by atoms with Gasteiger partial charge < -0.3 is 14.4 Å². The largest absolute Gasteiger partial charge is 0.493 e. The number of para-hydroxylation sites is 1. The molecule has 1 aromatic carbocycles. The second-order valence-corrected chi connectivity index (χ2v) is 4.14. The molecule has 18 heavy (non-hydrogen) atoms. The molecule has 0 saturated carbocycles. The Kier molecular flexibility index (Phi) is 4.36. The Morgan fingerprint density at radius 1 is 1.33 bits per heavy atom. The molecule has 0 aliphatic rings. The molecular formula is C14H18N2O2. The first-order chi connectivity index (χ1) is 8.81. The molecule has 0 aliphatic carbocycles. The smallest absolute Gasteiger partial charge is 0.124 e. The number of rotatable bonds is 6. The van der Waals surface area contributed by atoms with Gasteiger partial charge in [-0.25, -0.2) is 4.98 Å². The summed E-state index contributed by atoms with van der Waals surface area (Å²) in [6.07, 6.45) is 4.69. The highest BCUT2D eigenvalue weighted by Crippen LogP contribution is 2.17. The summed E-state index contributed by atoms with van der Waals surface area (Å²) < 4.78 is 7.77. The number of aliphatic hydroxyl groups is 1. The van der Waals surface area contributed by atoms with Gasteiger partial charge in [-0.05, 0) is 19.4 Å². The van der Waals surface area contributed by atoms with Crippen LogP contribution in [0.3, 0.4) is 0 Å². The number of aryl methyl sites for hydroxylation is 2. The minimum Gasteiger partial charge on any atom is -0.493 e. The van der Waals surface area contributed by atoms with Gasteiger partial charge in [-0.15, -0.1) is 0 Å². The second-order valence-electron chi connectivity index (χ2n) is 4.14. The van der Waals surface area contributed by atoms with Crippen LogP contribution >= 0.6 is 0 Å². The third kappa shape index (κ3) is 3.11. The summed E-state index contributed by atoms with van der Waals surface area (Å²) in [7, 11) is 0.